The highest BCUT2D eigenvalue weighted by molar-refractivity contribution is 7.20. The Kier molecular flexibility index (Phi) is 3.15. The molecule has 8 heteroatoms. The van der Waals surface area contributed by atoms with Crippen LogP contribution in [0.5, 0.6) is 11.8 Å². The van der Waals surface area contributed by atoms with Gasteiger partial charge < -0.3 is 10.2 Å². The maximum absolute atomic E-state index is 11.7. The fourth-order valence-corrected chi connectivity index (χ4v) is 2.64. The van der Waals surface area contributed by atoms with Crippen LogP contribution < -0.4 is 5.56 Å². The van der Waals surface area contributed by atoms with Crippen molar-refractivity contribution in [3.63, 3.8) is 0 Å². The van der Waals surface area contributed by atoms with E-state index in [1.807, 2.05) is 25.1 Å². The van der Waals surface area contributed by atoms with Gasteiger partial charge in [0.15, 0.2) is 0 Å². The first-order chi connectivity index (χ1) is 10.0. The fourth-order valence-electron chi connectivity index (χ4n) is 1.80. The lowest BCUT2D eigenvalue weighted by atomic mass is 10.2. The van der Waals surface area contributed by atoms with Gasteiger partial charge in [0.25, 0.3) is 5.56 Å². The van der Waals surface area contributed by atoms with Crippen LogP contribution in [0.3, 0.4) is 0 Å². The molecular weight excluding hydrogens is 292 g/mol. The number of thiazole rings is 1. The van der Waals surface area contributed by atoms with Crippen molar-refractivity contribution in [1.82, 2.24) is 9.38 Å². The van der Waals surface area contributed by atoms with Crippen LogP contribution in [0.15, 0.2) is 45.4 Å². The topological polar surface area (TPSA) is 99.5 Å². The fraction of sp³-hybridized carbons (Fsp3) is 0.0769. The molecule has 106 valence electrons. The lowest BCUT2D eigenvalue weighted by Gasteiger charge is -1.94. The van der Waals surface area contributed by atoms with E-state index in [0.717, 1.165) is 27.4 Å². The van der Waals surface area contributed by atoms with E-state index in [4.69, 9.17) is 0 Å². The van der Waals surface area contributed by atoms with Gasteiger partial charge in [-0.1, -0.05) is 23.5 Å². The minimum absolute atomic E-state index is 0.145. The Labute approximate surface area is 122 Å². The number of aryl methyl sites for hydroxylation is 1. The molecule has 0 aliphatic rings. The number of aromatic hydroxyl groups is 2. The third-order valence-corrected chi connectivity index (χ3v) is 3.64. The average molecular weight is 302 g/mol. The third-order valence-electron chi connectivity index (χ3n) is 2.72. The van der Waals surface area contributed by atoms with Gasteiger partial charge in [0, 0.05) is 0 Å². The van der Waals surface area contributed by atoms with E-state index < -0.39 is 11.4 Å². The molecule has 0 unspecified atom stereocenters. The molecule has 0 amide bonds. The van der Waals surface area contributed by atoms with Crippen molar-refractivity contribution in [2.24, 2.45) is 10.2 Å². The predicted octanol–water partition coefficient (Wildman–Crippen LogP) is 2.89. The van der Waals surface area contributed by atoms with Crippen molar-refractivity contribution in [3.05, 3.63) is 46.2 Å². The first kappa shape index (κ1) is 13.3. The van der Waals surface area contributed by atoms with Crippen LogP contribution in [0.1, 0.15) is 5.56 Å². The molecule has 21 heavy (non-hydrogen) atoms. The van der Waals surface area contributed by atoms with Gasteiger partial charge in [-0.25, -0.2) is 4.40 Å². The van der Waals surface area contributed by atoms with Crippen molar-refractivity contribution >= 4 is 27.0 Å². The summed E-state index contributed by atoms with van der Waals surface area (Å²) in [6.45, 7) is 1.93. The zero-order valence-corrected chi connectivity index (χ0v) is 11.7. The molecule has 0 fully saturated rings. The molecular formula is C13H10N4O3S. The second kappa shape index (κ2) is 4.98. The van der Waals surface area contributed by atoms with Gasteiger partial charge in [-0.2, -0.15) is 4.98 Å². The maximum Gasteiger partial charge on any atom is 0.265 e. The highest BCUT2D eigenvalue weighted by Crippen LogP contribution is 2.36. The first-order valence-corrected chi connectivity index (χ1v) is 6.79. The molecule has 2 N–H and O–H groups in total. The van der Waals surface area contributed by atoms with Gasteiger partial charge in [0.05, 0.1) is 11.8 Å². The van der Waals surface area contributed by atoms with Crippen molar-refractivity contribution in [3.8, 4) is 11.8 Å². The zero-order valence-electron chi connectivity index (χ0n) is 10.9. The lowest BCUT2D eigenvalue weighted by molar-refractivity contribution is 0.439. The Morgan fingerprint density at radius 1 is 1.24 bits per heavy atom. The van der Waals surface area contributed by atoms with Gasteiger partial charge in [-0.15, -0.1) is 10.2 Å². The summed E-state index contributed by atoms with van der Waals surface area (Å²) in [7, 11) is 0. The van der Waals surface area contributed by atoms with E-state index in [-0.39, 0.29) is 15.8 Å². The summed E-state index contributed by atoms with van der Waals surface area (Å²) in [4.78, 5) is 15.6. The molecule has 0 aliphatic carbocycles. The number of rotatable bonds is 2. The van der Waals surface area contributed by atoms with Crippen LogP contribution in [-0.4, -0.2) is 19.6 Å². The van der Waals surface area contributed by atoms with Crippen LogP contribution in [0.2, 0.25) is 0 Å². The molecule has 3 rings (SSSR count). The quantitative estimate of drug-likeness (QED) is 0.711. The summed E-state index contributed by atoms with van der Waals surface area (Å²) < 4.78 is 0.967. The number of nitrogens with zero attached hydrogens (tertiary/aromatic N) is 4. The van der Waals surface area contributed by atoms with Crippen LogP contribution >= 0.6 is 11.3 Å². The lowest BCUT2D eigenvalue weighted by Crippen LogP contribution is -2.10. The van der Waals surface area contributed by atoms with E-state index in [0.29, 0.717) is 5.69 Å². The van der Waals surface area contributed by atoms with E-state index in [1.165, 1.54) is 0 Å². The van der Waals surface area contributed by atoms with Gasteiger partial charge >= 0.3 is 0 Å². The second-order valence-corrected chi connectivity index (χ2v) is 5.30. The molecule has 0 bridgehead atoms. The second-order valence-electron chi connectivity index (χ2n) is 4.34. The molecule has 0 atom stereocenters. The normalized spacial score (nSPS) is 11.5. The number of hydrogen-bond acceptors (Lipinski definition) is 7. The molecule has 3 aromatic rings. The molecule has 0 spiro atoms. The SMILES string of the molecule is Cc1cccc(N=Nc2sc3nc(O)cc(=O)n3c2O)c1. The first-order valence-electron chi connectivity index (χ1n) is 5.97. The average Bonchev–Trinajstić information content (AvgIpc) is 2.73. The Balaban J connectivity index is 2.07. The van der Waals surface area contributed by atoms with E-state index in [2.05, 4.69) is 15.2 Å². The Bertz CT molecular complexity index is 913. The Morgan fingerprint density at radius 3 is 2.81 bits per heavy atom. The number of hydrogen-bond donors (Lipinski definition) is 2. The molecule has 7 nitrogen and oxygen atoms in total. The van der Waals surface area contributed by atoms with Crippen LogP contribution in [0, 0.1) is 6.92 Å². The van der Waals surface area contributed by atoms with Gasteiger partial charge in [-0.3, -0.25) is 4.79 Å². The number of azo groups is 1. The summed E-state index contributed by atoms with van der Waals surface area (Å²) in [5, 5.41) is 27.4. The molecule has 0 radical (unpaired) electrons. The van der Waals surface area contributed by atoms with Gasteiger partial charge in [0.2, 0.25) is 21.7 Å². The summed E-state index contributed by atoms with van der Waals surface area (Å²) >= 11 is 0.957. The summed E-state index contributed by atoms with van der Waals surface area (Å²) in [5.74, 6) is -0.743. The largest absolute Gasteiger partial charge is 0.493 e. The zero-order chi connectivity index (χ0) is 15.0. The van der Waals surface area contributed by atoms with E-state index in [9.17, 15) is 15.0 Å². The number of benzene rings is 1. The Hall–Kier alpha value is -2.74. The van der Waals surface area contributed by atoms with Crippen LogP contribution in [-0.2, 0) is 0 Å². The molecule has 0 saturated carbocycles. The monoisotopic (exact) mass is 302 g/mol. The minimum Gasteiger partial charge on any atom is -0.493 e. The van der Waals surface area contributed by atoms with E-state index in [1.54, 1.807) is 6.07 Å². The molecule has 0 saturated heterocycles. The number of fused-ring (bicyclic) bond motifs is 1. The molecule has 2 heterocycles. The van der Waals surface area contributed by atoms with Crippen molar-refractivity contribution in [1.29, 1.82) is 0 Å². The maximum atomic E-state index is 11.7. The highest BCUT2D eigenvalue weighted by Gasteiger charge is 2.14. The van der Waals surface area contributed by atoms with E-state index >= 15 is 0 Å². The van der Waals surface area contributed by atoms with Crippen molar-refractivity contribution in [2.75, 3.05) is 0 Å². The molecule has 0 aliphatic heterocycles. The standard InChI is InChI=1S/C13H10N4O3S/c1-7-3-2-4-8(5-7)15-16-11-12(20)17-10(19)6-9(18)14-13(17)21-11/h2-6,18,20H,1H3. The molecule has 2 aromatic heterocycles. The summed E-state index contributed by atoms with van der Waals surface area (Å²) in [6.07, 6.45) is 0. The van der Waals surface area contributed by atoms with Crippen LogP contribution in [0.25, 0.3) is 4.96 Å². The summed E-state index contributed by atoms with van der Waals surface area (Å²) in [6, 6.07) is 8.31. The summed E-state index contributed by atoms with van der Waals surface area (Å²) in [5.41, 5.74) is 1.09. The van der Waals surface area contributed by atoms with Gasteiger partial charge in [0.1, 0.15) is 0 Å². The van der Waals surface area contributed by atoms with Crippen molar-refractivity contribution < 1.29 is 10.2 Å². The van der Waals surface area contributed by atoms with Crippen molar-refractivity contribution in [2.45, 2.75) is 6.92 Å². The molecule has 1 aromatic carbocycles. The minimum atomic E-state index is -0.580. The van der Waals surface area contributed by atoms with Gasteiger partial charge in [-0.05, 0) is 24.6 Å². The Morgan fingerprint density at radius 2 is 2.05 bits per heavy atom. The highest BCUT2D eigenvalue weighted by atomic mass is 32.1. The predicted molar refractivity (Wildman–Crippen MR) is 78.0 cm³/mol. The van der Waals surface area contributed by atoms with Crippen LogP contribution in [0.4, 0.5) is 10.7 Å². The number of aromatic nitrogens is 2. The third kappa shape index (κ3) is 2.48. The smallest absolute Gasteiger partial charge is 0.265 e.